The summed E-state index contributed by atoms with van der Waals surface area (Å²) in [4.78, 5) is 0. The first-order valence-electron chi connectivity index (χ1n) is 6.07. The maximum absolute atomic E-state index is 9.97. The lowest BCUT2D eigenvalue weighted by Gasteiger charge is -2.12. The van der Waals surface area contributed by atoms with Crippen LogP contribution in [0.15, 0.2) is 48.5 Å². The van der Waals surface area contributed by atoms with E-state index in [1.165, 1.54) is 0 Å². The number of hydrogen-bond donors (Lipinski definition) is 3. The van der Waals surface area contributed by atoms with Gasteiger partial charge in [-0.3, -0.25) is 0 Å². The fourth-order valence-corrected chi connectivity index (χ4v) is 1.93. The van der Waals surface area contributed by atoms with Gasteiger partial charge in [-0.05, 0) is 35.4 Å². The summed E-state index contributed by atoms with van der Waals surface area (Å²) in [6.07, 6.45) is -0.639. The lowest BCUT2D eigenvalue weighted by Crippen LogP contribution is -2.20. The van der Waals surface area contributed by atoms with Gasteiger partial charge < -0.3 is 15.5 Å². The number of nitrogens with one attached hydrogen (secondary N) is 1. The van der Waals surface area contributed by atoms with E-state index in [1.54, 1.807) is 24.3 Å². The van der Waals surface area contributed by atoms with Crippen LogP contribution < -0.4 is 5.32 Å². The molecule has 0 radical (unpaired) electrons. The molecule has 0 aliphatic rings. The molecule has 0 saturated heterocycles. The zero-order valence-corrected chi connectivity index (χ0v) is 11.1. The molecule has 0 aliphatic heterocycles. The van der Waals surface area contributed by atoms with Gasteiger partial charge in [-0.25, -0.2) is 0 Å². The summed E-state index contributed by atoms with van der Waals surface area (Å²) in [5, 5.41) is 23.2. The van der Waals surface area contributed by atoms with Crippen LogP contribution in [0.5, 0.6) is 5.75 Å². The maximum Gasteiger partial charge on any atom is 0.115 e. The van der Waals surface area contributed by atoms with Crippen molar-refractivity contribution in [3.8, 4) is 5.75 Å². The number of rotatable bonds is 5. The SMILES string of the molecule is Oc1cccc([C@H](O)CNCc2ccc(Cl)cc2)c1. The number of benzene rings is 2. The Bertz CT molecular complexity index is 528. The molecule has 3 nitrogen and oxygen atoms in total. The third kappa shape index (κ3) is 4.24. The monoisotopic (exact) mass is 277 g/mol. The Hall–Kier alpha value is -1.55. The summed E-state index contributed by atoms with van der Waals surface area (Å²) in [7, 11) is 0. The van der Waals surface area contributed by atoms with Crippen LogP contribution in [0.1, 0.15) is 17.2 Å². The van der Waals surface area contributed by atoms with Crippen molar-refractivity contribution >= 4 is 11.6 Å². The third-order valence-corrected chi connectivity index (χ3v) is 3.09. The van der Waals surface area contributed by atoms with E-state index in [4.69, 9.17) is 11.6 Å². The average molecular weight is 278 g/mol. The second-order valence-corrected chi connectivity index (χ2v) is 4.80. The van der Waals surface area contributed by atoms with Crippen LogP contribution in [0.3, 0.4) is 0 Å². The molecule has 2 rings (SSSR count). The van der Waals surface area contributed by atoms with Crippen molar-refractivity contribution in [2.75, 3.05) is 6.54 Å². The smallest absolute Gasteiger partial charge is 0.115 e. The molecule has 2 aromatic rings. The summed E-state index contributed by atoms with van der Waals surface area (Å²) in [5.41, 5.74) is 1.80. The van der Waals surface area contributed by atoms with Gasteiger partial charge in [0.25, 0.3) is 0 Å². The number of aromatic hydroxyl groups is 1. The van der Waals surface area contributed by atoms with Crippen LogP contribution in [-0.2, 0) is 6.54 Å². The first-order valence-corrected chi connectivity index (χ1v) is 6.45. The zero-order valence-electron chi connectivity index (χ0n) is 10.4. The summed E-state index contributed by atoms with van der Waals surface area (Å²) in [6, 6.07) is 14.2. The minimum Gasteiger partial charge on any atom is -0.508 e. The molecule has 0 spiro atoms. The Morgan fingerprint density at radius 3 is 2.53 bits per heavy atom. The molecule has 0 fully saturated rings. The van der Waals surface area contributed by atoms with Crippen molar-refractivity contribution in [1.29, 1.82) is 0 Å². The number of phenols is 1. The van der Waals surface area contributed by atoms with E-state index in [0.29, 0.717) is 23.7 Å². The lowest BCUT2D eigenvalue weighted by atomic mass is 10.1. The van der Waals surface area contributed by atoms with E-state index >= 15 is 0 Å². The molecule has 0 saturated carbocycles. The molecule has 4 heteroatoms. The summed E-state index contributed by atoms with van der Waals surface area (Å²) in [5.74, 6) is 0.161. The first kappa shape index (κ1) is 13.9. The van der Waals surface area contributed by atoms with E-state index < -0.39 is 6.10 Å². The number of phenolic OH excluding ortho intramolecular Hbond substituents is 1. The fourth-order valence-electron chi connectivity index (χ4n) is 1.81. The van der Waals surface area contributed by atoms with Crippen molar-refractivity contribution < 1.29 is 10.2 Å². The predicted molar refractivity (Wildman–Crippen MR) is 76.2 cm³/mol. The lowest BCUT2D eigenvalue weighted by molar-refractivity contribution is 0.174. The van der Waals surface area contributed by atoms with Gasteiger partial charge in [-0.15, -0.1) is 0 Å². The Kier molecular flexibility index (Phi) is 4.80. The van der Waals surface area contributed by atoms with E-state index in [2.05, 4.69) is 5.32 Å². The second kappa shape index (κ2) is 6.57. The molecule has 100 valence electrons. The predicted octanol–water partition coefficient (Wildman–Crippen LogP) is 2.87. The van der Waals surface area contributed by atoms with Gasteiger partial charge in [-0.1, -0.05) is 35.9 Å². The van der Waals surface area contributed by atoms with Crippen LogP contribution in [0.2, 0.25) is 5.02 Å². The third-order valence-electron chi connectivity index (χ3n) is 2.84. The quantitative estimate of drug-likeness (QED) is 0.788. The van der Waals surface area contributed by atoms with Crippen molar-refractivity contribution in [3.63, 3.8) is 0 Å². The molecule has 0 unspecified atom stereocenters. The summed E-state index contributed by atoms with van der Waals surface area (Å²) in [6.45, 7) is 1.08. The van der Waals surface area contributed by atoms with Gasteiger partial charge in [0.05, 0.1) is 6.10 Å². The highest BCUT2D eigenvalue weighted by Crippen LogP contribution is 2.17. The molecular weight excluding hydrogens is 262 g/mol. The number of hydrogen-bond acceptors (Lipinski definition) is 3. The molecule has 2 aromatic carbocycles. The highest BCUT2D eigenvalue weighted by molar-refractivity contribution is 6.30. The Morgan fingerprint density at radius 2 is 1.84 bits per heavy atom. The second-order valence-electron chi connectivity index (χ2n) is 4.37. The fraction of sp³-hybridized carbons (Fsp3) is 0.200. The minimum atomic E-state index is -0.639. The van der Waals surface area contributed by atoms with Gasteiger partial charge in [0.15, 0.2) is 0 Å². The largest absolute Gasteiger partial charge is 0.508 e. The standard InChI is InChI=1S/C15H16ClNO2/c16-13-6-4-11(5-7-13)9-17-10-15(19)12-2-1-3-14(18)8-12/h1-8,15,17-19H,9-10H2/t15-/m1/s1. The molecule has 0 aliphatic carbocycles. The molecular formula is C15H16ClNO2. The highest BCUT2D eigenvalue weighted by atomic mass is 35.5. The van der Waals surface area contributed by atoms with Crippen LogP contribution in [-0.4, -0.2) is 16.8 Å². The molecule has 0 bridgehead atoms. The van der Waals surface area contributed by atoms with E-state index in [9.17, 15) is 10.2 Å². The molecule has 0 heterocycles. The van der Waals surface area contributed by atoms with Gasteiger partial charge in [-0.2, -0.15) is 0 Å². The van der Waals surface area contributed by atoms with Crippen LogP contribution >= 0.6 is 11.6 Å². The minimum absolute atomic E-state index is 0.161. The van der Waals surface area contributed by atoms with Crippen molar-refractivity contribution in [1.82, 2.24) is 5.32 Å². The van der Waals surface area contributed by atoms with Gasteiger partial charge in [0.1, 0.15) is 5.75 Å². The van der Waals surface area contributed by atoms with Gasteiger partial charge in [0.2, 0.25) is 0 Å². The normalized spacial score (nSPS) is 12.3. The van der Waals surface area contributed by atoms with Crippen molar-refractivity contribution in [3.05, 3.63) is 64.7 Å². The highest BCUT2D eigenvalue weighted by Gasteiger charge is 2.07. The summed E-state index contributed by atoms with van der Waals surface area (Å²) >= 11 is 5.81. The number of aliphatic hydroxyl groups excluding tert-OH is 1. The average Bonchev–Trinajstić information content (AvgIpc) is 2.41. The molecule has 19 heavy (non-hydrogen) atoms. The van der Waals surface area contributed by atoms with Crippen molar-refractivity contribution in [2.45, 2.75) is 12.6 Å². The first-order chi connectivity index (χ1) is 9.15. The van der Waals surface area contributed by atoms with E-state index in [0.717, 1.165) is 5.56 Å². The molecule has 0 aromatic heterocycles. The molecule has 1 atom stereocenters. The molecule has 3 N–H and O–H groups in total. The maximum atomic E-state index is 9.97. The van der Waals surface area contributed by atoms with E-state index in [-0.39, 0.29) is 5.75 Å². The van der Waals surface area contributed by atoms with Crippen LogP contribution in [0.25, 0.3) is 0 Å². The number of aliphatic hydroxyl groups is 1. The van der Waals surface area contributed by atoms with E-state index in [1.807, 2.05) is 24.3 Å². The Balaban J connectivity index is 1.84. The van der Waals surface area contributed by atoms with Crippen LogP contribution in [0.4, 0.5) is 0 Å². The molecule has 0 amide bonds. The topological polar surface area (TPSA) is 52.5 Å². The van der Waals surface area contributed by atoms with Crippen molar-refractivity contribution in [2.24, 2.45) is 0 Å². The Labute approximate surface area is 117 Å². The Morgan fingerprint density at radius 1 is 1.11 bits per heavy atom. The zero-order chi connectivity index (χ0) is 13.7. The van der Waals surface area contributed by atoms with Crippen LogP contribution in [0, 0.1) is 0 Å². The van der Waals surface area contributed by atoms with Gasteiger partial charge >= 0.3 is 0 Å². The van der Waals surface area contributed by atoms with Gasteiger partial charge in [0, 0.05) is 18.1 Å². The summed E-state index contributed by atoms with van der Waals surface area (Å²) < 4.78 is 0. The number of halogens is 1.